The fourth-order valence-electron chi connectivity index (χ4n) is 2.06. The molecule has 114 valence electrons. The number of nitrogens with zero attached hydrogens (tertiary/aromatic N) is 2. The first-order chi connectivity index (χ1) is 9.79. The summed E-state index contributed by atoms with van der Waals surface area (Å²) in [5.41, 5.74) is 2.35. The van der Waals surface area contributed by atoms with Crippen LogP contribution in [0, 0.1) is 6.92 Å². The first kappa shape index (κ1) is 15.6. The van der Waals surface area contributed by atoms with Gasteiger partial charge in [0.25, 0.3) is 0 Å². The van der Waals surface area contributed by atoms with Crippen molar-refractivity contribution in [3.8, 4) is 0 Å². The second-order valence-electron chi connectivity index (χ2n) is 5.10. The van der Waals surface area contributed by atoms with Crippen LogP contribution in [0.5, 0.6) is 0 Å². The van der Waals surface area contributed by atoms with Crippen molar-refractivity contribution in [1.82, 2.24) is 15.1 Å². The summed E-state index contributed by atoms with van der Waals surface area (Å²) in [6.07, 6.45) is -2.50. The van der Waals surface area contributed by atoms with Gasteiger partial charge in [0.05, 0.1) is 11.8 Å². The molecule has 2 aromatic rings. The smallest absolute Gasteiger partial charge is 0.306 e. The molecule has 0 saturated heterocycles. The Hall–Kier alpha value is -1.82. The fourth-order valence-corrected chi connectivity index (χ4v) is 2.06. The summed E-state index contributed by atoms with van der Waals surface area (Å²) < 4.78 is 39.3. The standard InChI is InChI=1S/C15H18F3N3/c1-10(19-8-13-9-20-21(3)11(13)2)12-4-6-14(7-5-12)15(16,17)18/h4-7,9-10,19H,8H2,1-3H3. The molecule has 1 unspecified atom stereocenters. The highest BCUT2D eigenvalue weighted by molar-refractivity contribution is 5.26. The van der Waals surface area contributed by atoms with Gasteiger partial charge in [-0.05, 0) is 31.5 Å². The first-order valence-electron chi connectivity index (χ1n) is 6.67. The SMILES string of the molecule is Cc1c(CNC(C)c2ccc(C(F)(F)F)cc2)cnn1C. The van der Waals surface area contributed by atoms with E-state index in [1.807, 2.05) is 20.9 Å². The van der Waals surface area contributed by atoms with Gasteiger partial charge in [-0.3, -0.25) is 4.68 Å². The Balaban J connectivity index is 2.00. The molecule has 0 spiro atoms. The summed E-state index contributed by atoms with van der Waals surface area (Å²) in [6, 6.07) is 5.21. The number of nitrogens with one attached hydrogen (secondary N) is 1. The highest BCUT2D eigenvalue weighted by Gasteiger charge is 2.30. The zero-order valence-corrected chi connectivity index (χ0v) is 12.2. The topological polar surface area (TPSA) is 29.9 Å². The number of halogens is 3. The van der Waals surface area contributed by atoms with E-state index in [9.17, 15) is 13.2 Å². The van der Waals surface area contributed by atoms with Crippen LogP contribution in [0.3, 0.4) is 0 Å². The third kappa shape index (κ3) is 3.64. The van der Waals surface area contributed by atoms with Gasteiger partial charge in [-0.25, -0.2) is 0 Å². The maximum Gasteiger partial charge on any atom is 0.416 e. The van der Waals surface area contributed by atoms with E-state index >= 15 is 0 Å². The van der Waals surface area contributed by atoms with Crippen molar-refractivity contribution in [2.75, 3.05) is 0 Å². The zero-order chi connectivity index (χ0) is 15.6. The molecule has 0 aliphatic heterocycles. The molecule has 1 heterocycles. The van der Waals surface area contributed by atoms with Gasteiger partial charge >= 0.3 is 6.18 Å². The van der Waals surface area contributed by atoms with Gasteiger partial charge in [-0.2, -0.15) is 18.3 Å². The zero-order valence-electron chi connectivity index (χ0n) is 12.2. The number of alkyl halides is 3. The molecule has 1 aromatic heterocycles. The van der Waals surface area contributed by atoms with Gasteiger partial charge < -0.3 is 5.32 Å². The lowest BCUT2D eigenvalue weighted by Crippen LogP contribution is -2.18. The van der Waals surface area contributed by atoms with Gasteiger partial charge in [0.1, 0.15) is 0 Å². The second kappa shape index (κ2) is 5.89. The lowest BCUT2D eigenvalue weighted by molar-refractivity contribution is -0.137. The monoisotopic (exact) mass is 297 g/mol. The average molecular weight is 297 g/mol. The molecule has 1 aromatic carbocycles. The van der Waals surface area contributed by atoms with E-state index in [0.29, 0.717) is 6.54 Å². The molecule has 21 heavy (non-hydrogen) atoms. The normalized spacial score (nSPS) is 13.4. The van der Waals surface area contributed by atoms with E-state index in [2.05, 4.69) is 10.4 Å². The van der Waals surface area contributed by atoms with Crippen LogP contribution in [0.25, 0.3) is 0 Å². The Kier molecular flexibility index (Phi) is 4.37. The first-order valence-corrected chi connectivity index (χ1v) is 6.67. The Morgan fingerprint density at radius 3 is 2.33 bits per heavy atom. The third-order valence-corrected chi connectivity index (χ3v) is 3.67. The van der Waals surface area contributed by atoms with Gasteiger partial charge in [-0.15, -0.1) is 0 Å². The Labute approximate surface area is 121 Å². The molecule has 6 heteroatoms. The number of aromatic nitrogens is 2. The van der Waals surface area contributed by atoms with E-state index in [1.165, 1.54) is 12.1 Å². The summed E-state index contributed by atoms with van der Waals surface area (Å²) in [5.74, 6) is 0. The molecule has 0 aliphatic carbocycles. The highest BCUT2D eigenvalue weighted by atomic mass is 19.4. The maximum atomic E-state index is 12.5. The lowest BCUT2D eigenvalue weighted by atomic mass is 10.1. The number of hydrogen-bond acceptors (Lipinski definition) is 2. The maximum absolute atomic E-state index is 12.5. The van der Waals surface area contributed by atoms with E-state index < -0.39 is 11.7 Å². The molecular weight excluding hydrogens is 279 g/mol. The molecule has 3 nitrogen and oxygen atoms in total. The van der Waals surface area contributed by atoms with Crippen LogP contribution in [0.1, 0.15) is 35.3 Å². The minimum atomic E-state index is -4.29. The summed E-state index contributed by atoms with van der Waals surface area (Å²) >= 11 is 0. The molecule has 1 N–H and O–H groups in total. The fraction of sp³-hybridized carbons (Fsp3) is 0.400. The van der Waals surface area contributed by atoms with Crippen LogP contribution >= 0.6 is 0 Å². The molecule has 0 radical (unpaired) electrons. The van der Waals surface area contributed by atoms with E-state index in [1.54, 1.807) is 10.9 Å². The van der Waals surface area contributed by atoms with Crippen molar-refractivity contribution in [2.45, 2.75) is 32.6 Å². The molecular formula is C15H18F3N3. The molecule has 0 saturated carbocycles. The molecule has 1 atom stereocenters. The lowest BCUT2D eigenvalue weighted by Gasteiger charge is -2.15. The van der Waals surface area contributed by atoms with Crippen LogP contribution in [-0.4, -0.2) is 9.78 Å². The number of aryl methyl sites for hydroxylation is 1. The van der Waals surface area contributed by atoms with Crippen molar-refractivity contribution < 1.29 is 13.2 Å². The largest absolute Gasteiger partial charge is 0.416 e. The van der Waals surface area contributed by atoms with Crippen LogP contribution in [0.15, 0.2) is 30.5 Å². The van der Waals surface area contributed by atoms with Crippen LogP contribution < -0.4 is 5.32 Å². The molecule has 0 bridgehead atoms. The Morgan fingerprint density at radius 1 is 1.24 bits per heavy atom. The van der Waals surface area contributed by atoms with Crippen molar-refractivity contribution in [2.24, 2.45) is 7.05 Å². The Morgan fingerprint density at radius 2 is 1.86 bits per heavy atom. The quantitative estimate of drug-likeness (QED) is 0.934. The van der Waals surface area contributed by atoms with E-state index in [4.69, 9.17) is 0 Å². The molecule has 0 amide bonds. The number of benzene rings is 1. The van der Waals surface area contributed by atoms with Crippen molar-refractivity contribution in [3.63, 3.8) is 0 Å². The van der Waals surface area contributed by atoms with Crippen molar-refractivity contribution >= 4 is 0 Å². The Bertz CT molecular complexity index is 600. The van der Waals surface area contributed by atoms with Crippen molar-refractivity contribution in [3.05, 3.63) is 52.8 Å². The van der Waals surface area contributed by atoms with Crippen molar-refractivity contribution in [1.29, 1.82) is 0 Å². The number of hydrogen-bond donors (Lipinski definition) is 1. The molecule has 2 rings (SSSR count). The average Bonchev–Trinajstić information content (AvgIpc) is 2.75. The predicted molar refractivity (Wildman–Crippen MR) is 74.6 cm³/mol. The minimum absolute atomic E-state index is 0.0353. The molecule has 0 fully saturated rings. The molecule has 0 aliphatic rings. The van der Waals surface area contributed by atoms with Gasteiger partial charge in [0.15, 0.2) is 0 Å². The third-order valence-electron chi connectivity index (χ3n) is 3.67. The van der Waals surface area contributed by atoms with E-state index in [-0.39, 0.29) is 6.04 Å². The predicted octanol–water partition coefficient (Wildman–Crippen LogP) is 3.60. The van der Waals surface area contributed by atoms with Crippen LogP contribution in [-0.2, 0) is 19.8 Å². The highest BCUT2D eigenvalue weighted by Crippen LogP contribution is 2.29. The minimum Gasteiger partial charge on any atom is -0.306 e. The summed E-state index contributed by atoms with van der Waals surface area (Å²) in [5, 5.41) is 7.45. The summed E-state index contributed by atoms with van der Waals surface area (Å²) in [6.45, 7) is 4.53. The summed E-state index contributed by atoms with van der Waals surface area (Å²) in [4.78, 5) is 0. The van der Waals surface area contributed by atoms with Gasteiger partial charge in [-0.1, -0.05) is 12.1 Å². The summed E-state index contributed by atoms with van der Waals surface area (Å²) in [7, 11) is 1.87. The number of rotatable bonds is 4. The van der Waals surface area contributed by atoms with Crippen LogP contribution in [0.2, 0.25) is 0 Å². The van der Waals surface area contributed by atoms with Gasteiger partial charge in [0.2, 0.25) is 0 Å². The van der Waals surface area contributed by atoms with Gasteiger partial charge in [0, 0.05) is 30.9 Å². The second-order valence-corrected chi connectivity index (χ2v) is 5.10. The van der Waals surface area contributed by atoms with E-state index in [0.717, 1.165) is 29.0 Å². The van der Waals surface area contributed by atoms with Crippen LogP contribution in [0.4, 0.5) is 13.2 Å².